The molecule has 0 saturated heterocycles. The van der Waals surface area contributed by atoms with Crippen molar-refractivity contribution < 1.29 is 24.5 Å². The van der Waals surface area contributed by atoms with Gasteiger partial charge in [0, 0.05) is 10.8 Å². The molecule has 144 valence electrons. The van der Waals surface area contributed by atoms with Gasteiger partial charge in [0.2, 0.25) is 0 Å². The molecular formula is C17H12BrN3O6S. The number of benzene rings is 1. The minimum absolute atomic E-state index is 0.106. The molecule has 1 aliphatic rings. The number of nitrogens with one attached hydrogen (secondary N) is 1. The molecule has 9 nitrogen and oxygen atoms in total. The number of nitrogens with zero attached hydrogens (tertiary/aromatic N) is 2. The molecule has 4 rings (SSSR count). The highest BCUT2D eigenvalue weighted by Gasteiger charge is 2.33. The van der Waals surface area contributed by atoms with Crippen LogP contribution in [0.2, 0.25) is 0 Å². The van der Waals surface area contributed by atoms with Crippen LogP contribution < -0.4 is 15.6 Å². The lowest BCUT2D eigenvalue weighted by molar-refractivity contribution is -0.135. The number of amides is 1. The molecule has 0 radical (unpaired) electrons. The predicted octanol–water partition coefficient (Wildman–Crippen LogP) is 1.72. The number of aliphatic carboxylic acids is 1. The van der Waals surface area contributed by atoms with E-state index in [2.05, 4.69) is 26.2 Å². The quantitative estimate of drug-likeness (QED) is 0.534. The third-order valence-electron chi connectivity index (χ3n) is 4.37. The average molecular weight is 466 g/mol. The Morgan fingerprint density at radius 3 is 2.89 bits per heavy atom. The molecule has 0 fully saturated rings. The Balaban J connectivity index is 2.02. The predicted molar refractivity (Wildman–Crippen MR) is 103 cm³/mol. The maximum absolute atomic E-state index is 13.2. The van der Waals surface area contributed by atoms with Gasteiger partial charge in [0.1, 0.15) is 30.5 Å². The largest absolute Gasteiger partial charge is 0.506 e. The zero-order valence-corrected chi connectivity index (χ0v) is 16.4. The van der Waals surface area contributed by atoms with Crippen LogP contribution in [0.1, 0.15) is 22.1 Å². The Bertz CT molecular complexity index is 1170. The number of carboxylic acid groups (broad SMARTS) is 1. The van der Waals surface area contributed by atoms with Gasteiger partial charge in [0.25, 0.3) is 11.5 Å². The number of halogens is 1. The van der Waals surface area contributed by atoms with Crippen LogP contribution in [0.3, 0.4) is 0 Å². The van der Waals surface area contributed by atoms with Crippen LogP contribution >= 0.6 is 27.3 Å². The number of carboxylic acids is 1. The first kappa shape index (κ1) is 18.4. The fourth-order valence-corrected chi connectivity index (χ4v) is 4.19. The summed E-state index contributed by atoms with van der Waals surface area (Å²) >= 11 is 4.72. The van der Waals surface area contributed by atoms with E-state index in [4.69, 9.17) is 9.84 Å². The number of hydrogen-bond acceptors (Lipinski definition) is 7. The third-order valence-corrected chi connectivity index (χ3v) is 5.60. The second-order valence-corrected chi connectivity index (χ2v) is 7.56. The van der Waals surface area contributed by atoms with E-state index in [1.165, 1.54) is 15.9 Å². The highest BCUT2D eigenvalue weighted by Crippen LogP contribution is 2.42. The van der Waals surface area contributed by atoms with E-state index in [0.29, 0.717) is 21.4 Å². The standard InChI is InChI=1S/C17H12BrN3O6S/c18-8-2-1-7-13-15(8)27-4-10(9-5-28-6-20-9)21(13)17(26)12(14(7)24)16(25)19-3-11(22)23/h1-2,5-6,10,24H,3-4H2,(H,19,25)(H,22,23). The molecule has 0 spiro atoms. The van der Waals surface area contributed by atoms with Crippen LogP contribution in [0.25, 0.3) is 10.9 Å². The Labute approximate surface area is 169 Å². The van der Waals surface area contributed by atoms with Crippen molar-refractivity contribution in [3.05, 3.63) is 49.1 Å². The van der Waals surface area contributed by atoms with E-state index < -0.39 is 41.3 Å². The van der Waals surface area contributed by atoms with Gasteiger partial charge in [-0.05, 0) is 28.1 Å². The topological polar surface area (TPSA) is 131 Å². The van der Waals surface area contributed by atoms with Crippen molar-refractivity contribution in [1.29, 1.82) is 0 Å². The Kier molecular flexibility index (Phi) is 4.55. The summed E-state index contributed by atoms with van der Waals surface area (Å²) in [6, 6.07) is 2.58. The minimum atomic E-state index is -1.27. The van der Waals surface area contributed by atoms with Crippen molar-refractivity contribution in [2.75, 3.05) is 13.2 Å². The summed E-state index contributed by atoms with van der Waals surface area (Å²) in [5.74, 6) is -2.40. The number of aromatic nitrogens is 2. The molecule has 28 heavy (non-hydrogen) atoms. The number of aromatic hydroxyl groups is 1. The Morgan fingerprint density at radius 1 is 1.43 bits per heavy atom. The van der Waals surface area contributed by atoms with Gasteiger partial charge in [0.05, 0.1) is 21.2 Å². The zero-order chi connectivity index (χ0) is 20.0. The molecule has 1 amide bonds. The van der Waals surface area contributed by atoms with Gasteiger partial charge in [-0.2, -0.15) is 0 Å². The molecule has 11 heteroatoms. The highest BCUT2D eigenvalue weighted by atomic mass is 79.9. The normalized spacial score (nSPS) is 15.2. The van der Waals surface area contributed by atoms with Gasteiger partial charge in [-0.1, -0.05) is 0 Å². The van der Waals surface area contributed by atoms with Gasteiger partial charge < -0.3 is 20.3 Å². The number of thiazole rings is 1. The molecule has 3 N–H and O–H groups in total. The molecule has 0 aliphatic carbocycles. The maximum Gasteiger partial charge on any atom is 0.322 e. The second kappa shape index (κ2) is 6.91. The van der Waals surface area contributed by atoms with Crippen molar-refractivity contribution in [2.45, 2.75) is 6.04 Å². The van der Waals surface area contributed by atoms with Gasteiger partial charge in [-0.3, -0.25) is 19.0 Å². The van der Waals surface area contributed by atoms with E-state index in [9.17, 15) is 19.5 Å². The van der Waals surface area contributed by atoms with E-state index >= 15 is 0 Å². The van der Waals surface area contributed by atoms with Gasteiger partial charge >= 0.3 is 5.97 Å². The molecular weight excluding hydrogens is 454 g/mol. The summed E-state index contributed by atoms with van der Waals surface area (Å²) in [5, 5.41) is 23.5. The van der Waals surface area contributed by atoms with Crippen molar-refractivity contribution in [3.8, 4) is 11.5 Å². The van der Waals surface area contributed by atoms with Crippen LogP contribution in [-0.4, -0.2) is 44.8 Å². The van der Waals surface area contributed by atoms with Gasteiger partial charge in [0.15, 0.2) is 5.75 Å². The van der Waals surface area contributed by atoms with E-state index in [-0.39, 0.29) is 12.0 Å². The third kappa shape index (κ3) is 2.83. The monoisotopic (exact) mass is 465 g/mol. The van der Waals surface area contributed by atoms with Crippen molar-refractivity contribution in [1.82, 2.24) is 14.9 Å². The SMILES string of the molecule is O=C(O)CNC(=O)c1c(O)c2ccc(Br)c3c2n(c1=O)C(c1cscn1)CO3. The number of rotatable bonds is 4. The Morgan fingerprint density at radius 2 is 2.21 bits per heavy atom. The van der Waals surface area contributed by atoms with Crippen molar-refractivity contribution >= 4 is 50.0 Å². The summed E-state index contributed by atoms with van der Waals surface area (Å²) in [5.41, 5.74) is 1.25. The fourth-order valence-electron chi connectivity index (χ4n) is 3.16. The zero-order valence-electron chi connectivity index (χ0n) is 14.0. The molecule has 1 unspecified atom stereocenters. The summed E-state index contributed by atoms with van der Waals surface area (Å²) in [7, 11) is 0. The molecule has 1 atom stereocenters. The van der Waals surface area contributed by atoms with Crippen molar-refractivity contribution in [3.63, 3.8) is 0 Å². The molecule has 1 aliphatic heterocycles. The fraction of sp³-hybridized carbons (Fsp3) is 0.176. The summed E-state index contributed by atoms with van der Waals surface area (Å²) in [6.07, 6.45) is 0. The maximum atomic E-state index is 13.2. The first-order valence-electron chi connectivity index (χ1n) is 8.00. The number of carbonyl (C=O) groups is 2. The highest BCUT2D eigenvalue weighted by molar-refractivity contribution is 9.10. The lowest BCUT2D eigenvalue weighted by Crippen LogP contribution is -2.39. The first-order valence-corrected chi connectivity index (χ1v) is 9.74. The van der Waals surface area contributed by atoms with Crippen LogP contribution in [0, 0.1) is 0 Å². The Hall–Kier alpha value is -2.92. The van der Waals surface area contributed by atoms with E-state index in [1.807, 2.05) is 0 Å². The molecule has 2 aromatic heterocycles. The summed E-state index contributed by atoms with van der Waals surface area (Å²) < 4.78 is 7.78. The number of ether oxygens (including phenoxy) is 1. The van der Waals surface area contributed by atoms with E-state index in [1.54, 1.807) is 23.0 Å². The smallest absolute Gasteiger partial charge is 0.322 e. The lowest BCUT2D eigenvalue weighted by atomic mass is 10.0. The van der Waals surface area contributed by atoms with Crippen LogP contribution in [0.4, 0.5) is 0 Å². The van der Waals surface area contributed by atoms with E-state index in [0.717, 1.165) is 0 Å². The summed E-state index contributed by atoms with van der Waals surface area (Å²) in [6.45, 7) is -0.574. The molecule has 3 heterocycles. The number of hydrogen-bond donors (Lipinski definition) is 3. The number of carbonyl (C=O) groups excluding carboxylic acids is 1. The van der Waals surface area contributed by atoms with Gasteiger partial charge in [-0.25, -0.2) is 4.98 Å². The minimum Gasteiger partial charge on any atom is -0.506 e. The molecule has 0 saturated carbocycles. The summed E-state index contributed by atoms with van der Waals surface area (Å²) in [4.78, 5) is 40.7. The van der Waals surface area contributed by atoms with Crippen LogP contribution in [0.5, 0.6) is 11.5 Å². The molecule has 0 bridgehead atoms. The van der Waals surface area contributed by atoms with Crippen molar-refractivity contribution in [2.24, 2.45) is 0 Å². The second-order valence-electron chi connectivity index (χ2n) is 5.99. The molecule has 1 aromatic carbocycles. The van der Waals surface area contributed by atoms with Gasteiger partial charge in [-0.15, -0.1) is 11.3 Å². The first-order chi connectivity index (χ1) is 13.4. The van der Waals surface area contributed by atoms with Crippen LogP contribution in [-0.2, 0) is 4.79 Å². The average Bonchev–Trinajstić information content (AvgIpc) is 3.19. The molecule has 3 aromatic rings. The number of pyridine rings is 1. The van der Waals surface area contributed by atoms with Crippen LogP contribution in [0.15, 0.2) is 32.3 Å². The lowest BCUT2D eigenvalue weighted by Gasteiger charge is -2.29.